The molecule has 7 heteroatoms. The first-order valence-corrected chi connectivity index (χ1v) is 6.71. The maximum Gasteiger partial charge on any atom is 0.416 e. The SMILES string of the molecule is COC(=O)C(C)CS(=O)c1cccc(C(F)(F)F)c1. The molecule has 1 aromatic carbocycles. The van der Waals surface area contributed by atoms with Gasteiger partial charge in [-0.2, -0.15) is 13.2 Å². The molecule has 0 amide bonds. The highest BCUT2D eigenvalue weighted by molar-refractivity contribution is 7.85. The molecule has 0 fully saturated rings. The van der Waals surface area contributed by atoms with E-state index in [0.717, 1.165) is 12.1 Å². The van der Waals surface area contributed by atoms with E-state index in [2.05, 4.69) is 4.74 Å². The fourth-order valence-electron chi connectivity index (χ4n) is 1.41. The molecule has 1 aromatic rings. The molecule has 0 aromatic heterocycles. The number of hydrogen-bond acceptors (Lipinski definition) is 3. The number of ether oxygens (including phenoxy) is 1. The van der Waals surface area contributed by atoms with E-state index in [0.29, 0.717) is 0 Å². The Hall–Kier alpha value is -1.37. The fourth-order valence-corrected chi connectivity index (χ4v) is 2.68. The van der Waals surface area contributed by atoms with Crippen molar-refractivity contribution in [1.82, 2.24) is 0 Å². The summed E-state index contributed by atoms with van der Waals surface area (Å²) in [4.78, 5) is 11.2. The van der Waals surface area contributed by atoms with Crippen LogP contribution < -0.4 is 0 Å². The van der Waals surface area contributed by atoms with Crippen LogP contribution in [0.1, 0.15) is 12.5 Å². The number of methoxy groups -OCH3 is 1. The lowest BCUT2D eigenvalue weighted by atomic mass is 10.2. The average molecular weight is 294 g/mol. The molecule has 0 aliphatic rings. The van der Waals surface area contributed by atoms with Crippen molar-refractivity contribution in [3.8, 4) is 0 Å². The largest absolute Gasteiger partial charge is 0.469 e. The highest BCUT2D eigenvalue weighted by Gasteiger charge is 2.31. The zero-order valence-electron chi connectivity index (χ0n) is 10.4. The first kappa shape index (κ1) is 15.7. The Morgan fingerprint density at radius 1 is 1.42 bits per heavy atom. The van der Waals surface area contributed by atoms with Crippen LogP contribution in [0.3, 0.4) is 0 Å². The smallest absolute Gasteiger partial charge is 0.416 e. The maximum absolute atomic E-state index is 12.5. The van der Waals surface area contributed by atoms with Crippen LogP contribution in [-0.4, -0.2) is 23.0 Å². The lowest BCUT2D eigenvalue weighted by Crippen LogP contribution is -2.19. The van der Waals surface area contributed by atoms with Gasteiger partial charge in [-0.05, 0) is 18.2 Å². The van der Waals surface area contributed by atoms with E-state index in [1.54, 1.807) is 0 Å². The van der Waals surface area contributed by atoms with Crippen LogP contribution in [0, 0.1) is 5.92 Å². The summed E-state index contributed by atoms with van der Waals surface area (Å²) in [6.45, 7) is 1.51. The summed E-state index contributed by atoms with van der Waals surface area (Å²) in [5.41, 5.74) is -0.857. The van der Waals surface area contributed by atoms with E-state index in [-0.39, 0.29) is 10.6 Å². The average Bonchev–Trinajstić information content (AvgIpc) is 2.36. The molecule has 0 N–H and O–H groups in total. The van der Waals surface area contributed by atoms with Crippen LogP contribution in [0.25, 0.3) is 0 Å². The number of rotatable bonds is 4. The minimum absolute atomic E-state index is 0.0468. The van der Waals surface area contributed by atoms with E-state index < -0.39 is 34.4 Å². The molecule has 0 spiro atoms. The van der Waals surface area contributed by atoms with Crippen molar-refractivity contribution < 1.29 is 26.9 Å². The predicted octanol–water partition coefficient (Wildman–Crippen LogP) is 2.62. The van der Waals surface area contributed by atoms with Crippen LogP contribution >= 0.6 is 0 Å². The molecule has 0 saturated heterocycles. The van der Waals surface area contributed by atoms with E-state index in [1.807, 2.05) is 0 Å². The summed E-state index contributed by atoms with van der Waals surface area (Å²) in [6.07, 6.45) is -4.48. The summed E-state index contributed by atoms with van der Waals surface area (Å²) < 4.78 is 53.9. The molecule has 0 bridgehead atoms. The van der Waals surface area contributed by atoms with Crippen molar-refractivity contribution in [2.75, 3.05) is 12.9 Å². The van der Waals surface area contributed by atoms with Gasteiger partial charge in [-0.3, -0.25) is 9.00 Å². The maximum atomic E-state index is 12.5. The molecule has 2 unspecified atom stereocenters. The number of esters is 1. The molecule has 0 aliphatic carbocycles. The molecule has 0 saturated carbocycles. The fraction of sp³-hybridized carbons (Fsp3) is 0.417. The zero-order chi connectivity index (χ0) is 14.6. The molecular formula is C12H13F3O3S. The molecule has 2 atom stereocenters. The zero-order valence-corrected chi connectivity index (χ0v) is 11.2. The van der Waals surface area contributed by atoms with Crippen molar-refractivity contribution in [2.45, 2.75) is 18.0 Å². The van der Waals surface area contributed by atoms with Crippen molar-refractivity contribution in [1.29, 1.82) is 0 Å². The van der Waals surface area contributed by atoms with Crippen molar-refractivity contribution in [3.05, 3.63) is 29.8 Å². The topological polar surface area (TPSA) is 43.4 Å². The first-order valence-electron chi connectivity index (χ1n) is 5.39. The van der Waals surface area contributed by atoms with Crippen molar-refractivity contribution >= 4 is 16.8 Å². The Bertz CT molecular complexity index is 485. The van der Waals surface area contributed by atoms with Crippen LogP contribution in [-0.2, 0) is 26.5 Å². The van der Waals surface area contributed by atoms with Gasteiger partial charge in [-0.25, -0.2) is 0 Å². The Labute approximate surface area is 111 Å². The molecular weight excluding hydrogens is 281 g/mol. The molecule has 1 rings (SSSR count). The number of hydrogen-bond donors (Lipinski definition) is 0. The van der Waals surface area contributed by atoms with Crippen LogP contribution in [0.15, 0.2) is 29.2 Å². The highest BCUT2D eigenvalue weighted by Crippen LogP contribution is 2.30. The van der Waals surface area contributed by atoms with Gasteiger partial charge in [-0.15, -0.1) is 0 Å². The standard InChI is InChI=1S/C12H13F3O3S/c1-8(11(16)18-2)7-19(17)10-5-3-4-9(6-10)12(13,14)15/h3-6,8H,7H2,1-2H3. The van der Waals surface area contributed by atoms with E-state index in [4.69, 9.17) is 0 Å². The van der Waals surface area contributed by atoms with Crippen molar-refractivity contribution in [2.24, 2.45) is 5.92 Å². The second-order valence-corrected chi connectivity index (χ2v) is 5.46. The van der Waals surface area contributed by atoms with E-state index >= 15 is 0 Å². The lowest BCUT2D eigenvalue weighted by molar-refractivity contribution is -0.144. The monoisotopic (exact) mass is 294 g/mol. The van der Waals surface area contributed by atoms with Gasteiger partial charge in [-0.1, -0.05) is 13.0 Å². The number of benzene rings is 1. The minimum atomic E-state index is -4.48. The summed E-state index contributed by atoms with van der Waals surface area (Å²) in [7, 11) is -0.481. The first-order chi connectivity index (χ1) is 8.75. The van der Waals surface area contributed by atoms with Gasteiger partial charge in [0, 0.05) is 10.6 Å². The van der Waals surface area contributed by atoms with Gasteiger partial charge in [0.25, 0.3) is 0 Å². The molecule has 0 heterocycles. The molecule has 3 nitrogen and oxygen atoms in total. The van der Waals surface area contributed by atoms with Gasteiger partial charge in [0.2, 0.25) is 0 Å². The van der Waals surface area contributed by atoms with Gasteiger partial charge < -0.3 is 4.74 Å². The normalized spacial score (nSPS) is 14.8. The third-order valence-electron chi connectivity index (χ3n) is 2.43. The van der Waals surface area contributed by atoms with Gasteiger partial charge in [0.15, 0.2) is 0 Å². The number of carbonyl (C=O) groups excluding carboxylic acids is 1. The third kappa shape index (κ3) is 4.34. The molecule has 0 aliphatic heterocycles. The lowest BCUT2D eigenvalue weighted by Gasteiger charge is -2.11. The van der Waals surface area contributed by atoms with E-state index in [9.17, 15) is 22.2 Å². The second-order valence-electron chi connectivity index (χ2n) is 3.96. The summed E-state index contributed by atoms with van der Waals surface area (Å²) in [5.74, 6) is -1.26. The number of carbonyl (C=O) groups is 1. The highest BCUT2D eigenvalue weighted by atomic mass is 32.2. The van der Waals surface area contributed by atoms with Crippen LogP contribution in [0.2, 0.25) is 0 Å². The second kappa shape index (κ2) is 6.18. The number of alkyl halides is 3. The Kier molecular flexibility index (Phi) is 5.11. The predicted molar refractivity (Wildman–Crippen MR) is 63.9 cm³/mol. The Morgan fingerprint density at radius 2 is 2.05 bits per heavy atom. The van der Waals surface area contributed by atoms with Crippen LogP contribution in [0.5, 0.6) is 0 Å². The van der Waals surface area contributed by atoms with Crippen LogP contribution in [0.4, 0.5) is 13.2 Å². The van der Waals surface area contributed by atoms with E-state index in [1.165, 1.54) is 26.2 Å². The summed E-state index contributed by atoms with van der Waals surface area (Å²) in [6, 6.07) is 4.28. The van der Waals surface area contributed by atoms with Gasteiger partial charge >= 0.3 is 12.1 Å². The third-order valence-corrected chi connectivity index (χ3v) is 4.01. The quantitative estimate of drug-likeness (QED) is 0.802. The molecule has 19 heavy (non-hydrogen) atoms. The Balaban J connectivity index is 2.86. The molecule has 0 radical (unpaired) electrons. The summed E-state index contributed by atoms with van der Waals surface area (Å²) in [5, 5.41) is 0. The van der Waals surface area contributed by atoms with Gasteiger partial charge in [0.1, 0.15) is 0 Å². The minimum Gasteiger partial charge on any atom is -0.469 e. The van der Waals surface area contributed by atoms with Crippen molar-refractivity contribution in [3.63, 3.8) is 0 Å². The molecule has 106 valence electrons. The van der Waals surface area contributed by atoms with Gasteiger partial charge in [0.05, 0.1) is 29.4 Å². The summed E-state index contributed by atoms with van der Waals surface area (Å²) >= 11 is 0. The Morgan fingerprint density at radius 3 is 2.58 bits per heavy atom. The number of halogens is 3.